The van der Waals surface area contributed by atoms with Crippen LogP contribution in [0.2, 0.25) is 0 Å². The summed E-state index contributed by atoms with van der Waals surface area (Å²) in [5.74, 6) is -0.556. The molecular weight excluding hydrogens is 444 g/mol. The number of amides is 1. The minimum Gasteiger partial charge on any atom is -0.507 e. The van der Waals surface area contributed by atoms with Crippen molar-refractivity contribution < 1.29 is 24.0 Å². The van der Waals surface area contributed by atoms with Gasteiger partial charge in [0, 0.05) is 11.6 Å². The van der Waals surface area contributed by atoms with E-state index in [1.165, 1.54) is 4.90 Å². The van der Waals surface area contributed by atoms with E-state index in [1.807, 2.05) is 30.3 Å². The number of aliphatic hydroxyl groups excluding tert-OH is 1. The number of fused-ring (bicyclic) bond motifs is 1. The number of hydrogen-bond acceptors (Lipinski definition) is 6. The first-order valence-electron chi connectivity index (χ1n) is 11.0. The molecule has 1 N–H and O–H groups in total. The predicted molar refractivity (Wildman–Crippen MR) is 132 cm³/mol. The second-order valence-corrected chi connectivity index (χ2v) is 8.20. The maximum absolute atomic E-state index is 13.3. The molecule has 0 radical (unpaired) electrons. The summed E-state index contributed by atoms with van der Waals surface area (Å²) >= 11 is 0. The van der Waals surface area contributed by atoms with Gasteiger partial charge in [-0.15, -0.1) is 0 Å². The predicted octanol–water partition coefficient (Wildman–Crippen LogP) is 5.33. The number of aromatic nitrogens is 1. The number of carbonyl (C=O) groups excluding carboxylic acids is 2. The van der Waals surface area contributed by atoms with Gasteiger partial charge in [-0.1, -0.05) is 66.3 Å². The number of aliphatic hydroxyl groups is 1. The van der Waals surface area contributed by atoms with Crippen molar-refractivity contribution in [2.45, 2.75) is 13.0 Å². The van der Waals surface area contributed by atoms with Gasteiger partial charge in [0.15, 0.2) is 5.82 Å². The van der Waals surface area contributed by atoms with E-state index in [4.69, 9.17) is 9.26 Å². The molecule has 1 aliphatic rings. The van der Waals surface area contributed by atoms with Crippen LogP contribution >= 0.6 is 0 Å². The normalized spacial score (nSPS) is 17.2. The van der Waals surface area contributed by atoms with Crippen LogP contribution in [0.15, 0.2) is 95.5 Å². The van der Waals surface area contributed by atoms with E-state index in [9.17, 15) is 14.7 Å². The molecule has 0 aliphatic carbocycles. The molecule has 1 aromatic heterocycles. The maximum Gasteiger partial charge on any atom is 0.301 e. The van der Waals surface area contributed by atoms with Crippen molar-refractivity contribution in [3.05, 3.63) is 108 Å². The van der Waals surface area contributed by atoms with Gasteiger partial charge < -0.3 is 14.4 Å². The summed E-state index contributed by atoms with van der Waals surface area (Å²) in [6.07, 6.45) is 1.64. The molecule has 1 aliphatic heterocycles. The quantitative estimate of drug-likeness (QED) is 0.179. The van der Waals surface area contributed by atoms with Crippen LogP contribution < -0.4 is 9.64 Å². The van der Waals surface area contributed by atoms with Gasteiger partial charge in [0.05, 0.1) is 11.6 Å². The fraction of sp³-hybridized carbons (Fsp3) is 0.107. The largest absolute Gasteiger partial charge is 0.507 e. The van der Waals surface area contributed by atoms with Gasteiger partial charge in [-0.2, -0.15) is 0 Å². The molecule has 174 valence electrons. The van der Waals surface area contributed by atoms with Crippen molar-refractivity contribution in [3.8, 4) is 5.75 Å². The van der Waals surface area contributed by atoms with Crippen molar-refractivity contribution in [2.75, 3.05) is 11.5 Å². The smallest absolute Gasteiger partial charge is 0.301 e. The number of ether oxygens (including phenoxy) is 1. The summed E-state index contributed by atoms with van der Waals surface area (Å²) in [4.78, 5) is 27.7. The zero-order valence-electron chi connectivity index (χ0n) is 19.0. The van der Waals surface area contributed by atoms with Crippen LogP contribution in [0.3, 0.4) is 0 Å². The van der Waals surface area contributed by atoms with Crippen LogP contribution in [0.1, 0.15) is 22.9 Å². The number of hydrogen-bond donors (Lipinski definition) is 1. The number of rotatable bonds is 6. The first kappa shape index (κ1) is 22.2. The molecule has 0 saturated carbocycles. The molecule has 2 heterocycles. The lowest BCUT2D eigenvalue weighted by Crippen LogP contribution is -2.29. The van der Waals surface area contributed by atoms with Crippen molar-refractivity contribution in [2.24, 2.45) is 0 Å². The molecular formula is C28H22N2O5. The number of Topliss-reactive ketones (excluding diaryl/α,β-unsaturated/α-hetero) is 1. The third-order valence-electron chi connectivity index (χ3n) is 5.89. The zero-order chi connectivity index (χ0) is 24.5. The van der Waals surface area contributed by atoms with E-state index in [2.05, 4.69) is 11.7 Å². The third kappa shape index (κ3) is 3.97. The minimum atomic E-state index is -0.903. The standard InChI is InChI=1S/C28H22N2O5/c1-3-14-34-22-12-10-19(11-13-22)25-24(27(32)28(33)30(25)23-15-17(2)35-29-23)26(31)21-9-8-18-6-4-5-7-20(18)16-21/h3-13,15-16,25,31H,1,14H2,2H3/b26-24+/t25-/m0/s1. The Kier molecular flexibility index (Phi) is 5.66. The molecule has 1 atom stereocenters. The molecule has 5 rings (SSSR count). The van der Waals surface area contributed by atoms with Crippen LogP contribution in [0, 0.1) is 6.92 Å². The highest BCUT2D eigenvalue weighted by Gasteiger charge is 2.48. The van der Waals surface area contributed by atoms with Crippen LogP contribution in [-0.4, -0.2) is 28.6 Å². The van der Waals surface area contributed by atoms with Gasteiger partial charge in [0.25, 0.3) is 5.78 Å². The second kappa shape index (κ2) is 8.95. The minimum absolute atomic E-state index is 0.0225. The molecule has 7 heteroatoms. The van der Waals surface area contributed by atoms with Gasteiger partial charge in [-0.3, -0.25) is 14.5 Å². The highest BCUT2D eigenvalue weighted by molar-refractivity contribution is 6.51. The summed E-state index contributed by atoms with van der Waals surface area (Å²) in [5, 5.41) is 17.2. The number of nitrogens with zero attached hydrogens (tertiary/aromatic N) is 2. The summed E-state index contributed by atoms with van der Waals surface area (Å²) in [6.45, 7) is 5.68. The fourth-order valence-electron chi connectivity index (χ4n) is 4.24. The highest BCUT2D eigenvalue weighted by atomic mass is 16.5. The van der Waals surface area contributed by atoms with E-state index >= 15 is 0 Å². The first-order valence-corrected chi connectivity index (χ1v) is 11.0. The van der Waals surface area contributed by atoms with Gasteiger partial charge in [0.1, 0.15) is 23.9 Å². The fourth-order valence-corrected chi connectivity index (χ4v) is 4.24. The van der Waals surface area contributed by atoms with E-state index in [-0.39, 0.29) is 17.2 Å². The van der Waals surface area contributed by atoms with Gasteiger partial charge in [-0.25, -0.2) is 0 Å². The SMILES string of the molecule is C=CCOc1ccc([C@H]2/C(=C(\O)c3ccc4ccccc4c3)C(=O)C(=O)N2c2cc(C)on2)cc1. The molecule has 1 amide bonds. The molecule has 1 saturated heterocycles. The Hall–Kier alpha value is -4.65. The summed E-state index contributed by atoms with van der Waals surface area (Å²) in [5.41, 5.74) is 1.03. The first-order chi connectivity index (χ1) is 17.0. The van der Waals surface area contributed by atoms with E-state index in [0.29, 0.717) is 29.2 Å². The average Bonchev–Trinajstić information content (AvgIpc) is 3.42. The Morgan fingerprint density at radius 1 is 1.09 bits per heavy atom. The summed E-state index contributed by atoms with van der Waals surface area (Å²) < 4.78 is 10.7. The second-order valence-electron chi connectivity index (χ2n) is 8.20. The lowest BCUT2D eigenvalue weighted by molar-refractivity contribution is -0.132. The molecule has 0 unspecified atom stereocenters. The zero-order valence-corrected chi connectivity index (χ0v) is 19.0. The van der Waals surface area contributed by atoms with E-state index < -0.39 is 17.7 Å². The summed E-state index contributed by atoms with van der Waals surface area (Å²) in [6, 6.07) is 20.7. The molecule has 35 heavy (non-hydrogen) atoms. The highest BCUT2D eigenvalue weighted by Crippen LogP contribution is 2.42. The van der Waals surface area contributed by atoms with Crippen molar-refractivity contribution in [1.82, 2.24) is 5.16 Å². The molecule has 1 fully saturated rings. The topological polar surface area (TPSA) is 92.9 Å². The van der Waals surface area contributed by atoms with E-state index in [1.54, 1.807) is 55.5 Å². The Morgan fingerprint density at radius 3 is 2.51 bits per heavy atom. The van der Waals surface area contributed by atoms with E-state index in [0.717, 1.165) is 10.8 Å². The van der Waals surface area contributed by atoms with Crippen LogP contribution in [0.25, 0.3) is 16.5 Å². The third-order valence-corrected chi connectivity index (χ3v) is 5.89. The molecule has 4 aromatic rings. The average molecular weight is 466 g/mol. The van der Waals surface area contributed by atoms with Gasteiger partial charge in [-0.05, 0) is 41.5 Å². The van der Waals surface area contributed by atoms with Crippen molar-refractivity contribution in [3.63, 3.8) is 0 Å². The van der Waals surface area contributed by atoms with Crippen LogP contribution in [0.4, 0.5) is 5.82 Å². The Morgan fingerprint density at radius 2 is 1.83 bits per heavy atom. The molecule has 7 nitrogen and oxygen atoms in total. The number of ketones is 1. The molecule has 3 aromatic carbocycles. The number of benzene rings is 3. The van der Waals surface area contributed by atoms with Gasteiger partial charge >= 0.3 is 5.91 Å². The lowest BCUT2D eigenvalue weighted by atomic mass is 9.94. The van der Waals surface area contributed by atoms with Crippen LogP contribution in [0.5, 0.6) is 5.75 Å². The Balaban J connectivity index is 1.66. The number of anilines is 1. The number of carbonyl (C=O) groups is 2. The Labute approximate surface area is 201 Å². The van der Waals surface area contributed by atoms with Gasteiger partial charge in [0.2, 0.25) is 0 Å². The molecule has 0 bridgehead atoms. The maximum atomic E-state index is 13.3. The monoisotopic (exact) mass is 466 g/mol. The van der Waals surface area contributed by atoms with Crippen LogP contribution in [-0.2, 0) is 9.59 Å². The number of aryl methyl sites for hydroxylation is 1. The van der Waals surface area contributed by atoms with Crippen molar-refractivity contribution in [1.29, 1.82) is 0 Å². The lowest BCUT2D eigenvalue weighted by Gasteiger charge is -2.23. The Bertz CT molecular complexity index is 1480. The van der Waals surface area contributed by atoms with Crippen molar-refractivity contribution >= 4 is 34.0 Å². The molecule has 0 spiro atoms. The summed E-state index contributed by atoms with van der Waals surface area (Å²) in [7, 11) is 0.